The standard InChI is InChI=1S/C24H25N3O7S/c1-33-17-10-7-15(8-11-17)26-35(31,32)21-13-16(9-12-20(21)34-2)25-22(28)14-27-23(29)18-5-3-4-6-19(18)24(27)30/h3-4,7-13,18-19,26H,5-6,14H2,1-2H3,(H,25,28). The monoisotopic (exact) mass is 499 g/mol. The molecule has 0 aromatic heterocycles. The van der Waals surface area contributed by atoms with E-state index in [1.165, 1.54) is 32.4 Å². The molecule has 0 spiro atoms. The van der Waals surface area contributed by atoms with E-state index in [1.807, 2.05) is 12.2 Å². The molecule has 0 saturated carbocycles. The molecular weight excluding hydrogens is 474 g/mol. The highest BCUT2D eigenvalue weighted by Crippen LogP contribution is 2.35. The Morgan fingerprint density at radius 1 is 0.943 bits per heavy atom. The van der Waals surface area contributed by atoms with Crippen LogP contribution in [0.15, 0.2) is 59.5 Å². The third-order valence-electron chi connectivity index (χ3n) is 5.98. The highest BCUT2D eigenvalue weighted by Gasteiger charge is 2.47. The van der Waals surface area contributed by atoms with Crippen LogP contribution in [0.2, 0.25) is 0 Å². The zero-order valence-corrected chi connectivity index (χ0v) is 20.0. The number of nitrogens with zero attached hydrogens (tertiary/aromatic N) is 1. The van der Waals surface area contributed by atoms with Crippen LogP contribution < -0.4 is 19.5 Å². The van der Waals surface area contributed by atoms with E-state index in [0.29, 0.717) is 24.3 Å². The summed E-state index contributed by atoms with van der Waals surface area (Å²) >= 11 is 0. The van der Waals surface area contributed by atoms with Gasteiger partial charge in [0, 0.05) is 11.4 Å². The van der Waals surface area contributed by atoms with E-state index in [2.05, 4.69) is 10.0 Å². The second-order valence-electron chi connectivity index (χ2n) is 8.17. The first-order chi connectivity index (χ1) is 16.7. The number of imide groups is 1. The molecule has 1 saturated heterocycles. The maximum atomic E-state index is 13.0. The predicted molar refractivity (Wildman–Crippen MR) is 128 cm³/mol. The highest BCUT2D eigenvalue weighted by molar-refractivity contribution is 7.92. The fourth-order valence-electron chi connectivity index (χ4n) is 4.20. The van der Waals surface area contributed by atoms with Crippen molar-refractivity contribution in [3.63, 3.8) is 0 Å². The van der Waals surface area contributed by atoms with E-state index in [0.717, 1.165) is 4.90 Å². The average Bonchev–Trinajstić information content (AvgIpc) is 3.09. The molecule has 10 nitrogen and oxygen atoms in total. The Hall–Kier alpha value is -3.86. The van der Waals surface area contributed by atoms with Gasteiger partial charge in [0.25, 0.3) is 10.0 Å². The molecule has 3 amide bonds. The molecule has 35 heavy (non-hydrogen) atoms. The van der Waals surface area contributed by atoms with Crippen molar-refractivity contribution in [3.8, 4) is 11.5 Å². The number of fused-ring (bicyclic) bond motifs is 1. The summed E-state index contributed by atoms with van der Waals surface area (Å²) < 4.78 is 38.8. The van der Waals surface area contributed by atoms with Gasteiger partial charge >= 0.3 is 0 Å². The second kappa shape index (κ2) is 9.79. The molecular formula is C24H25N3O7S. The van der Waals surface area contributed by atoms with Gasteiger partial charge in [0.15, 0.2) is 0 Å². The smallest absolute Gasteiger partial charge is 0.265 e. The van der Waals surface area contributed by atoms with Crippen LogP contribution in [-0.2, 0) is 24.4 Å². The van der Waals surface area contributed by atoms with Crippen molar-refractivity contribution in [3.05, 3.63) is 54.6 Å². The molecule has 2 aromatic carbocycles. The van der Waals surface area contributed by atoms with Crippen LogP contribution in [0.25, 0.3) is 0 Å². The third kappa shape index (κ3) is 4.99. The number of hydrogen-bond donors (Lipinski definition) is 2. The van der Waals surface area contributed by atoms with Crippen molar-refractivity contribution in [1.29, 1.82) is 0 Å². The summed E-state index contributed by atoms with van der Waals surface area (Å²) in [4.78, 5) is 38.6. The maximum Gasteiger partial charge on any atom is 0.265 e. The van der Waals surface area contributed by atoms with Crippen LogP contribution in [0.4, 0.5) is 11.4 Å². The Morgan fingerprint density at radius 2 is 1.54 bits per heavy atom. The summed E-state index contributed by atoms with van der Waals surface area (Å²) in [6.07, 6.45) is 4.70. The van der Waals surface area contributed by atoms with Gasteiger partial charge in [-0.3, -0.25) is 24.0 Å². The molecule has 4 rings (SSSR count). The number of ether oxygens (including phenoxy) is 2. The number of allylic oxidation sites excluding steroid dienone is 2. The Morgan fingerprint density at radius 3 is 2.11 bits per heavy atom. The molecule has 11 heteroatoms. The lowest BCUT2D eigenvalue weighted by atomic mass is 9.85. The number of anilines is 2. The Labute approximate surface area is 202 Å². The first-order valence-corrected chi connectivity index (χ1v) is 12.4. The van der Waals surface area contributed by atoms with Crippen molar-refractivity contribution in [2.45, 2.75) is 17.7 Å². The SMILES string of the molecule is COc1ccc(NS(=O)(=O)c2cc(NC(=O)CN3C(=O)C4CC=CCC4C3=O)ccc2OC)cc1. The number of likely N-dealkylation sites (tertiary alicyclic amines) is 1. The van der Waals surface area contributed by atoms with E-state index >= 15 is 0 Å². The number of amides is 3. The molecule has 1 aliphatic carbocycles. The number of nitrogens with one attached hydrogen (secondary N) is 2. The molecule has 2 aromatic rings. The quantitative estimate of drug-likeness (QED) is 0.421. The molecule has 2 unspecified atom stereocenters. The van der Waals surface area contributed by atoms with Gasteiger partial charge in [-0.1, -0.05) is 12.2 Å². The lowest BCUT2D eigenvalue weighted by Crippen LogP contribution is -2.38. The molecule has 184 valence electrons. The Bertz CT molecular complexity index is 1260. The number of carbonyl (C=O) groups is 3. The molecule has 1 aliphatic heterocycles. The summed E-state index contributed by atoms with van der Waals surface area (Å²) in [7, 11) is -1.25. The molecule has 1 fully saturated rings. The van der Waals surface area contributed by atoms with Crippen LogP contribution in [0.1, 0.15) is 12.8 Å². The van der Waals surface area contributed by atoms with Gasteiger partial charge in [-0.2, -0.15) is 0 Å². The molecule has 2 aliphatic rings. The topological polar surface area (TPSA) is 131 Å². The highest BCUT2D eigenvalue weighted by atomic mass is 32.2. The largest absolute Gasteiger partial charge is 0.497 e. The fraction of sp³-hybridized carbons (Fsp3) is 0.292. The zero-order chi connectivity index (χ0) is 25.2. The minimum atomic E-state index is -4.08. The Balaban J connectivity index is 1.49. The summed E-state index contributed by atoms with van der Waals surface area (Å²) in [5.41, 5.74) is 0.480. The number of methoxy groups -OCH3 is 2. The predicted octanol–water partition coefficient (Wildman–Crippen LogP) is 2.39. The molecule has 2 N–H and O–H groups in total. The number of benzene rings is 2. The molecule has 0 bridgehead atoms. The summed E-state index contributed by atoms with van der Waals surface area (Å²) in [6, 6.07) is 10.4. The van der Waals surface area contributed by atoms with Gasteiger partial charge in [0.05, 0.1) is 26.1 Å². The van der Waals surface area contributed by atoms with Gasteiger partial charge in [-0.15, -0.1) is 0 Å². The maximum absolute atomic E-state index is 13.0. The van der Waals surface area contributed by atoms with E-state index in [9.17, 15) is 22.8 Å². The normalized spacial score (nSPS) is 19.3. The summed E-state index contributed by atoms with van der Waals surface area (Å²) in [5, 5.41) is 2.57. The minimum absolute atomic E-state index is 0.0745. The van der Waals surface area contributed by atoms with Crippen LogP contribution >= 0.6 is 0 Å². The first kappa shape index (κ1) is 24.3. The second-order valence-corrected chi connectivity index (χ2v) is 9.82. The molecule has 2 atom stereocenters. The van der Waals surface area contributed by atoms with E-state index in [-0.39, 0.29) is 28.1 Å². The lowest BCUT2D eigenvalue weighted by Gasteiger charge is -2.16. The van der Waals surface area contributed by atoms with Gasteiger partial charge in [-0.25, -0.2) is 8.42 Å². The average molecular weight is 500 g/mol. The van der Waals surface area contributed by atoms with Gasteiger partial charge in [0.2, 0.25) is 17.7 Å². The van der Waals surface area contributed by atoms with Crippen LogP contribution in [0.5, 0.6) is 11.5 Å². The van der Waals surface area contributed by atoms with Crippen LogP contribution in [-0.4, -0.2) is 51.8 Å². The van der Waals surface area contributed by atoms with Crippen LogP contribution in [0, 0.1) is 11.8 Å². The first-order valence-electron chi connectivity index (χ1n) is 10.9. The van der Waals surface area contributed by atoms with E-state index in [1.54, 1.807) is 24.3 Å². The van der Waals surface area contributed by atoms with Crippen LogP contribution in [0.3, 0.4) is 0 Å². The van der Waals surface area contributed by atoms with Gasteiger partial charge in [0.1, 0.15) is 22.9 Å². The minimum Gasteiger partial charge on any atom is -0.497 e. The van der Waals surface area contributed by atoms with E-state index < -0.39 is 34.3 Å². The van der Waals surface area contributed by atoms with Gasteiger partial charge < -0.3 is 14.8 Å². The summed E-state index contributed by atoms with van der Waals surface area (Å²) in [5.74, 6) is -1.55. The number of hydrogen-bond acceptors (Lipinski definition) is 7. The number of sulfonamides is 1. The summed E-state index contributed by atoms with van der Waals surface area (Å²) in [6.45, 7) is -0.442. The van der Waals surface area contributed by atoms with E-state index in [4.69, 9.17) is 9.47 Å². The van der Waals surface area contributed by atoms with Crippen molar-refractivity contribution in [2.24, 2.45) is 11.8 Å². The van der Waals surface area contributed by atoms with Crippen molar-refractivity contribution in [2.75, 3.05) is 30.8 Å². The molecule has 1 heterocycles. The van der Waals surface area contributed by atoms with Crippen molar-refractivity contribution in [1.82, 2.24) is 4.90 Å². The zero-order valence-electron chi connectivity index (χ0n) is 19.2. The number of carbonyl (C=O) groups excluding carboxylic acids is 3. The molecule has 0 radical (unpaired) electrons. The third-order valence-corrected chi connectivity index (χ3v) is 7.38. The number of rotatable bonds is 8. The Kier molecular flexibility index (Phi) is 6.79. The lowest BCUT2D eigenvalue weighted by molar-refractivity contribution is -0.142. The fourth-order valence-corrected chi connectivity index (χ4v) is 5.46. The van der Waals surface area contributed by atoms with Crippen molar-refractivity contribution < 1.29 is 32.3 Å². The van der Waals surface area contributed by atoms with Gasteiger partial charge in [-0.05, 0) is 55.3 Å². The van der Waals surface area contributed by atoms with Crippen molar-refractivity contribution >= 4 is 39.1 Å².